The maximum Gasteiger partial charge on any atom is 0.310 e. The molecule has 0 unspecified atom stereocenters. The van der Waals surface area contributed by atoms with Gasteiger partial charge in [0.05, 0.1) is 18.1 Å². The Bertz CT molecular complexity index is 374. The Morgan fingerprint density at radius 1 is 1.31 bits per heavy atom. The molecule has 0 saturated carbocycles. The van der Waals surface area contributed by atoms with E-state index in [0.29, 0.717) is 19.0 Å². The van der Waals surface area contributed by atoms with Crippen LogP contribution >= 0.6 is 0 Å². The lowest BCUT2D eigenvalue weighted by molar-refractivity contribution is -0.386. The fraction of sp³-hybridized carbons (Fsp3) is 0.455. The fourth-order valence-electron chi connectivity index (χ4n) is 1.68. The Balaban J connectivity index is 2.10. The highest BCUT2D eigenvalue weighted by atomic mass is 16.6. The molecule has 1 aromatic rings. The molecule has 0 atom stereocenters. The molecule has 0 amide bonds. The molecule has 0 spiro atoms. The van der Waals surface area contributed by atoms with Gasteiger partial charge in [0.25, 0.3) is 0 Å². The maximum absolute atomic E-state index is 10.8. The third kappa shape index (κ3) is 2.49. The van der Waals surface area contributed by atoms with Crippen molar-refractivity contribution < 1.29 is 14.4 Å². The molecule has 5 heteroatoms. The number of nitro groups is 1. The molecular weight excluding hydrogens is 210 g/mol. The van der Waals surface area contributed by atoms with Crippen LogP contribution in [0.2, 0.25) is 0 Å². The average molecular weight is 223 g/mol. The zero-order valence-corrected chi connectivity index (χ0v) is 8.80. The van der Waals surface area contributed by atoms with Gasteiger partial charge in [-0.15, -0.1) is 0 Å². The number of rotatable bonds is 3. The summed E-state index contributed by atoms with van der Waals surface area (Å²) in [4.78, 5) is 10.3. The number of benzene rings is 1. The van der Waals surface area contributed by atoms with Crippen LogP contribution in [0.4, 0.5) is 5.69 Å². The standard InChI is InChI=1S/C11H13NO4/c13-12(14)10-3-1-2-4-11(10)16-9-5-7-15-8-6-9/h1-4,9H,5-8H2. The molecule has 1 aliphatic heterocycles. The van der Waals surface area contributed by atoms with E-state index in [9.17, 15) is 10.1 Å². The molecule has 0 aliphatic carbocycles. The smallest absolute Gasteiger partial charge is 0.310 e. The molecule has 5 nitrogen and oxygen atoms in total. The number of nitrogens with zero attached hydrogens (tertiary/aromatic N) is 1. The fourth-order valence-corrected chi connectivity index (χ4v) is 1.68. The van der Waals surface area contributed by atoms with Gasteiger partial charge in [-0.2, -0.15) is 0 Å². The van der Waals surface area contributed by atoms with Gasteiger partial charge in [0.2, 0.25) is 0 Å². The number of nitro benzene ring substituents is 1. The quantitative estimate of drug-likeness (QED) is 0.581. The van der Waals surface area contributed by atoms with E-state index in [1.165, 1.54) is 6.07 Å². The summed E-state index contributed by atoms with van der Waals surface area (Å²) in [5.74, 6) is 0.347. The van der Waals surface area contributed by atoms with Crippen molar-refractivity contribution in [3.63, 3.8) is 0 Å². The third-order valence-corrected chi connectivity index (χ3v) is 2.52. The molecule has 16 heavy (non-hydrogen) atoms. The summed E-state index contributed by atoms with van der Waals surface area (Å²) in [6.07, 6.45) is 1.59. The third-order valence-electron chi connectivity index (χ3n) is 2.52. The predicted molar refractivity (Wildman–Crippen MR) is 57.6 cm³/mol. The van der Waals surface area contributed by atoms with E-state index in [-0.39, 0.29) is 11.8 Å². The molecule has 0 aromatic heterocycles. The second-order valence-corrected chi connectivity index (χ2v) is 3.65. The van der Waals surface area contributed by atoms with Crippen LogP contribution < -0.4 is 4.74 Å². The lowest BCUT2D eigenvalue weighted by Crippen LogP contribution is -2.26. The first kappa shape index (κ1) is 10.9. The lowest BCUT2D eigenvalue weighted by atomic mass is 10.1. The van der Waals surface area contributed by atoms with Crippen molar-refractivity contribution in [2.45, 2.75) is 18.9 Å². The highest BCUT2D eigenvalue weighted by Gasteiger charge is 2.20. The van der Waals surface area contributed by atoms with Gasteiger partial charge in [-0.3, -0.25) is 10.1 Å². The minimum atomic E-state index is -0.422. The predicted octanol–water partition coefficient (Wildman–Crippen LogP) is 2.15. The van der Waals surface area contributed by atoms with E-state index in [1.807, 2.05) is 0 Å². The first-order valence-electron chi connectivity index (χ1n) is 5.25. The van der Waals surface area contributed by atoms with E-state index in [0.717, 1.165) is 12.8 Å². The first-order valence-corrected chi connectivity index (χ1v) is 5.25. The summed E-state index contributed by atoms with van der Waals surface area (Å²) in [6, 6.07) is 6.46. The maximum atomic E-state index is 10.8. The molecule has 1 heterocycles. The molecule has 2 rings (SSSR count). The van der Waals surface area contributed by atoms with Gasteiger partial charge in [0.1, 0.15) is 6.10 Å². The van der Waals surface area contributed by atoms with Gasteiger partial charge < -0.3 is 9.47 Å². The van der Waals surface area contributed by atoms with E-state index >= 15 is 0 Å². The Kier molecular flexibility index (Phi) is 3.36. The van der Waals surface area contributed by atoms with Crippen molar-refractivity contribution in [3.8, 4) is 5.75 Å². The highest BCUT2D eigenvalue weighted by molar-refractivity contribution is 5.45. The van der Waals surface area contributed by atoms with Gasteiger partial charge in [0, 0.05) is 18.9 Å². The molecule has 0 bridgehead atoms. The Labute approximate surface area is 93.1 Å². The van der Waals surface area contributed by atoms with Gasteiger partial charge in [-0.05, 0) is 6.07 Å². The first-order chi connectivity index (χ1) is 7.77. The number of hydrogen-bond donors (Lipinski definition) is 0. The lowest BCUT2D eigenvalue weighted by Gasteiger charge is -2.22. The Morgan fingerprint density at radius 3 is 2.69 bits per heavy atom. The zero-order valence-electron chi connectivity index (χ0n) is 8.80. The number of hydrogen-bond acceptors (Lipinski definition) is 4. The monoisotopic (exact) mass is 223 g/mol. The van der Waals surface area contributed by atoms with Crippen LogP contribution in [0.5, 0.6) is 5.75 Å². The largest absolute Gasteiger partial charge is 0.483 e. The minimum absolute atomic E-state index is 0.0222. The summed E-state index contributed by atoms with van der Waals surface area (Å²) < 4.78 is 10.8. The van der Waals surface area contributed by atoms with Gasteiger partial charge in [0.15, 0.2) is 5.75 Å². The van der Waals surface area contributed by atoms with Crippen LogP contribution in [-0.2, 0) is 4.74 Å². The molecule has 1 saturated heterocycles. The molecule has 1 aromatic carbocycles. The Hall–Kier alpha value is -1.62. The van der Waals surface area contributed by atoms with Crippen LogP contribution in [-0.4, -0.2) is 24.2 Å². The molecule has 0 radical (unpaired) electrons. The summed E-state index contributed by atoms with van der Waals surface area (Å²) in [7, 11) is 0. The highest BCUT2D eigenvalue weighted by Crippen LogP contribution is 2.28. The van der Waals surface area contributed by atoms with Crippen molar-refractivity contribution in [1.29, 1.82) is 0 Å². The molecule has 86 valence electrons. The van der Waals surface area contributed by atoms with Crippen molar-refractivity contribution in [1.82, 2.24) is 0 Å². The average Bonchev–Trinajstić information content (AvgIpc) is 2.31. The van der Waals surface area contributed by atoms with Crippen molar-refractivity contribution in [2.24, 2.45) is 0 Å². The van der Waals surface area contributed by atoms with Crippen LogP contribution in [0.1, 0.15) is 12.8 Å². The van der Waals surface area contributed by atoms with E-state index in [4.69, 9.17) is 9.47 Å². The molecular formula is C11H13NO4. The number of ether oxygens (including phenoxy) is 2. The van der Waals surface area contributed by atoms with Crippen LogP contribution in [0.25, 0.3) is 0 Å². The van der Waals surface area contributed by atoms with Crippen molar-refractivity contribution in [3.05, 3.63) is 34.4 Å². The number of para-hydroxylation sites is 2. The Morgan fingerprint density at radius 2 is 2.00 bits per heavy atom. The van der Waals surface area contributed by atoms with Gasteiger partial charge >= 0.3 is 5.69 Å². The SMILES string of the molecule is O=[N+]([O-])c1ccccc1OC1CCOCC1. The van der Waals surface area contributed by atoms with Crippen molar-refractivity contribution >= 4 is 5.69 Å². The molecule has 1 aliphatic rings. The van der Waals surface area contributed by atoms with E-state index in [2.05, 4.69) is 0 Å². The van der Waals surface area contributed by atoms with E-state index in [1.54, 1.807) is 18.2 Å². The summed E-state index contributed by atoms with van der Waals surface area (Å²) in [6.45, 7) is 1.32. The second kappa shape index (κ2) is 4.94. The zero-order chi connectivity index (χ0) is 11.4. The van der Waals surface area contributed by atoms with E-state index < -0.39 is 4.92 Å². The van der Waals surface area contributed by atoms with Crippen LogP contribution in [0.3, 0.4) is 0 Å². The summed E-state index contributed by atoms with van der Waals surface area (Å²) in [5, 5.41) is 10.8. The topological polar surface area (TPSA) is 61.6 Å². The minimum Gasteiger partial charge on any atom is -0.483 e. The van der Waals surface area contributed by atoms with Crippen LogP contribution in [0, 0.1) is 10.1 Å². The van der Waals surface area contributed by atoms with Crippen molar-refractivity contribution in [2.75, 3.05) is 13.2 Å². The molecule has 0 N–H and O–H groups in total. The summed E-state index contributed by atoms with van der Waals surface area (Å²) in [5.41, 5.74) is 0.0222. The molecule has 1 fully saturated rings. The van der Waals surface area contributed by atoms with Crippen LogP contribution in [0.15, 0.2) is 24.3 Å². The van der Waals surface area contributed by atoms with Gasteiger partial charge in [-0.1, -0.05) is 12.1 Å². The summed E-state index contributed by atoms with van der Waals surface area (Å²) >= 11 is 0. The van der Waals surface area contributed by atoms with Gasteiger partial charge in [-0.25, -0.2) is 0 Å². The second-order valence-electron chi connectivity index (χ2n) is 3.65. The normalized spacial score (nSPS) is 17.0.